The van der Waals surface area contributed by atoms with Crippen molar-refractivity contribution in [1.82, 2.24) is 14.6 Å². The van der Waals surface area contributed by atoms with Crippen LogP contribution in [0, 0.1) is 15.9 Å². The molecule has 1 amide bonds. The molecule has 0 aliphatic rings. The molecule has 1 rings (SSSR count). The molecular weight excluding hydrogens is 379 g/mol. The lowest BCUT2D eigenvalue weighted by molar-refractivity contribution is -0.387. The second-order valence-electron chi connectivity index (χ2n) is 4.88. The summed E-state index contributed by atoms with van der Waals surface area (Å²) >= 11 is 5.69. The number of hydrogen-bond acceptors (Lipinski definition) is 6. The molecule has 0 saturated heterocycles. The smallest absolute Gasteiger partial charge is 0.268 e. The highest BCUT2D eigenvalue weighted by atomic mass is 35.5. The molecule has 0 aliphatic heterocycles. The van der Waals surface area contributed by atoms with Crippen LogP contribution < -0.4 is 10.1 Å². The van der Waals surface area contributed by atoms with Crippen molar-refractivity contribution in [2.24, 2.45) is 0 Å². The first-order chi connectivity index (χ1) is 11.5. The number of carbonyl (C=O) groups is 1. The predicted molar refractivity (Wildman–Crippen MR) is 89.4 cm³/mol. The third kappa shape index (κ3) is 5.11. The van der Waals surface area contributed by atoms with Gasteiger partial charge >= 0.3 is 15.9 Å². The Balaban J connectivity index is 3.18. The van der Waals surface area contributed by atoms with E-state index in [4.69, 9.17) is 11.6 Å². The van der Waals surface area contributed by atoms with Gasteiger partial charge in [0, 0.05) is 24.4 Å². The molecule has 0 atom stereocenters. The van der Waals surface area contributed by atoms with Gasteiger partial charge in [-0.3, -0.25) is 14.9 Å². The average Bonchev–Trinajstić information content (AvgIpc) is 2.45. The molecule has 0 unspecified atom stereocenters. The number of halogens is 2. The van der Waals surface area contributed by atoms with E-state index < -0.39 is 43.1 Å². The van der Waals surface area contributed by atoms with Crippen LogP contribution in [0.15, 0.2) is 24.4 Å². The van der Waals surface area contributed by atoms with Crippen molar-refractivity contribution in [1.29, 1.82) is 0 Å². The van der Waals surface area contributed by atoms with Crippen molar-refractivity contribution in [3.8, 4) is 0 Å². The molecule has 0 aromatic heterocycles. The van der Waals surface area contributed by atoms with Gasteiger partial charge in [-0.05, 0) is 13.3 Å². The lowest BCUT2D eigenvalue weighted by atomic mass is 10.2. The second kappa shape index (κ2) is 8.23. The fourth-order valence-electron chi connectivity index (χ4n) is 1.71. The molecule has 0 aliphatic carbocycles. The van der Waals surface area contributed by atoms with Crippen LogP contribution in [-0.2, 0) is 10.2 Å². The summed E-state index contributed by atoms with van der Waals surface area (Å²) in [6.45, 7) is 6.96. The van der Waals surface area contributed by atoms with Gasteiger partial charge in [0.15, 0.2) is 0 Å². The van der Waals surface area contributed by atoms with Crippen LogP contribution in [0.25, 0.3) is 0 Å². The monoisotopic (exact) mass is 394 g/mol. The molecule has 0 bridgehead atoms. The van der Waals surface area contributed by atoms with Gasteiger partial charge in [-0.2, -0.15) is 17.2 Å². The Hall–Kier alpha value is -2.24. The Labute approximate surface area is 148 Å². The first-order valence-electron chi connectivity index (χ1n) is 6.91. The van der Waals surface area contributed by atoms with Crippen LogP contribution in [0.1, 0.15) is 30.6 Å². The van der Waals surface area contributed by atoms with E-state index >= 15 is 0 Å². The topological polar surface area (TPSA) is 122 Å². The van der Waals surface area contributed by atoms with Gasteiger partial charge in [0.25, 0.3) is 5.91 Å². The van der Waals surface area contributed by atoms with Gasteiger partial charge in [0.1, 0.15) is 0 Å². The summed E-state index contributed by atoms with van der Waals surface area (Å²) in [5.74, 6) is -2.50. The van der Waals surface area contributed by atoms with Crippen molar-refractivity contribution in [3.05, 3.63) is 50.9 Å². The Kier molecular flexibility index (Phi) is 6.85. The summed E-state index contributed by atoms with van der Waals surface area (Å²) in [6.07, 6.45) is 0.600. The van der Waals surface area contributed by atoms with Crippen molar-refractivity contribution >= 4 is 33.4 Å². The van der Waals surface area contributed by atoms with E-state index in [1.165, 1.54) is 6.92 Å². The maximum atomic E-state index is 13.5. The number of hydrogen-bond donors (Lipinski definition) is 2. The van der Waals surface area contributed by atoms with E-state index in [1.54, 1.807) is 11.6 Å². The molecule has 0 fully saturated rings. The van der Waals surface area contributed by atoms with Crippen molar-refractivity contribution in [2.75, 3.05) is 6.54 Å². The van der Waals surface area contributed by atoms with E-state index in [9.17, 15) is 27.7 Å². The molecule has 9 nitrogen and oxygen atoms in total. The summed E-state index contributed by atoms with van der Waals surface area (Å²) in [5, 5.41) is 10.3. The summed E-state index contributed by atoms with van der Waals surface area (Å²) in [7, 11) is -4.40. The average molecular weight is 395 g/mol. The number of benzene rings is 1. The van der Waals surface area contributed by atoms with Gasteiger partial charge in [-0.25, -0.2) is 10.1 Å². The fraction of sp³-hybridized carbons (Fsp3) is 0.308. The molecule has 25 heavy (non-hydrogen) atoms. The summed E-state index contributed by atoms with van der Waals surface area (Å²) in [4.78, 5) is 21.9. The first kappa shape index (κ1) is 20.8. The minimum atomic E-state index is -4.40. The molecular formula is C13H16ClFN4O5S. The van der Waals surface area contributed by atoms with Crippen LogP contribution >= 0.6 is 11.6 Å². The van der Waals surface area contributed by atoms with E-state index in [-0.39, 0.29) is 12.2 Å². The minimum Gasteiger partial charge on any atom is -0.268 e. The maximum absolute atomic E-state index is 13.5. The minimum absolute atomic E-state index is 0.0740. The largest absolute Gasteiger partial charge is 0.339 e. The van der Waals surface area contributed by atoms with E-state index in [1.807, 2.05) is 0 Å². The lowest BCUT2D eigenvalue weighted by Crippen LogP contribution is -2.49. The summed E-state index contributed by atoms with van der Waals surface area (Å²) in [5.41, 5.74) is 1.06. The van der Waals surface area contributed by atoms with Crippen LogP contribution in [0.2, 0.25) is 5.02 Å². The van der Waals surface area contributed by atoms with Gasteiger partial charge in [-0.15, -0.1) is 0 Å². The number of nitro groups is 1. The molecule has 0 spiro atoms. The third-order valence-electron chi connectivity index (χ3n) is 2.79. The van der Waals surface area contributed by atoms with Crippen LogP contribution in [0.5, 0.6) is 0 Å². The molecule has 2 N–H and O–H groups in total. The molecule has 12 heteroatoms. The quantitative estimate of drug-likeness (QED) is 0.514. The molecule has 0 radical (unpaired) electrons. The molecule has 0 saturated carbocycles. The number of nitro benzene ring substituents is 1. The van der Waals surface area contributed by atoms with E-state index in [0.29, 0.717) is 23.0 Å². The van der Waals surface area contributed by atoms with E-state index in [0.717, 1.165) is 0 Å². The van der Waals surface area contributed by atoms with Gasteiger partial charge in [0.05, 0.1) is 15.5 Å². The number of hydrazine groups is 1. The number of nitrogens with one attached hydrogen (secondary N) is 2. The maximum Gasteiger partial charge on any atom is 0.339 e. The van der Waals surface area contributed by atoms with Crippen molar-refractivity contribution < 1.29 is 22.5 Å². The molecule has 1 aromatic rings. The van der Waals surface area contributed by atoms with Gasteiger partial charge < -0.3 is 0 Å². The van der Waals surface area contributed by atoms with Crippen LogP contribution in [0.3, 0.4) is 0 Å². The normalized spacial score (nSPS) is 11.0. The summed E-state index contributed by atoms with van der Waals surface area (Å²) < 4.78 is 40.4. The van der Waals surface area contributed by atoms with Crippen molar-refractivity contribution in [3.63, 3.8) is 0 Å². The molecule has 1 aromatic carbocycles. The zero-order valence-corrected chi connectivity index (χ0v) is 14.9. The van der Waals surface area contributed by atoms with Crippen LogP contribution in [-0.4, -0.2) is 30.2 Å². The Morgan fingerprint density at radius 2 is 2.08 bits per heavy atom. The van der Waals surface area contributed by atoms with E-state index in [2.05, 4.69) is 12.0 Å². The first-order valence-corrected chi connectivity index (χ1v) is 8.73. The van der Waals surface area contributed by atoms with Gasteiger partial charge in [0.2, 0.25) is 5.82 Å². The Bertz CT molecular complexity index is 815. The highest BCUT2D eigenvalue weighted by Gasteiger charge is 2.27. The number of carbonyl (C=O) groups excluding carboxylic acids is 1. The molecule has 138 valence electrons. The van der Waals surface area contributed by atoms with Crippen LogP contribution in [0.4, 0.5) is 10.1 Å². The third-order valence-corrected chi connectivity index (χ3v) is 4.47. The summed E-state index contributed by atoms with van der Waals surface area (Å²) in [6, 6.07) is 1.13. The van der Waals surface area contributed by atoms with Gasteiger partial charge in [-0.1, -0.05) is 25.1 Å². The number of allylic oxidation sites excluding steroid dienone is 1. The number of rotatable bonds is 8. The highest BCUT2D eigenvalue weighted by molar-refractivity contribution is 7.87. The number of amides is 1. The Morgan fingerprint density at radius 3 is 2.56 bits per heavy atom. The highest BCUT2D eigenvalue weighted by Crippen LogP contribution is 2.26. The second-order valence-corrected chi connectivity index (χ2v) is 6.81. The standard InChI is InChI=1S/C13H16ClFN4O5S/c1-4-5-16-18(8(2)3)25(23,24)17-13(20)9-6-12(19(21)22)11(15)7-10(9)14/h6-7,16H,2,4-5H2,1,3H3,(H,17,20). The number of nitrogens with zero attached hydrogens (tertiary/aromatic N) is 2. The lowest BCUT2D eigenvalue weighted by Gasteiger charge is -2.24. The predicted octanol–water partition coefficient (Wildman–Crippen LogP) is 2.11. The zero-order valence-electron chi connectivity index (χ0n) is 13.4. The SMILES string of the molecule is C=C(C)N(NCCC)S(=O)(=O)NC(=O)c1cc([N+](=O)[O-])c(F)cc1Cl. The molecule has 0 heterocycles. The Morgan fingerprint density at radius 1 is 1.48 bits per heavy atom. The fourth-order valence-corrected chi connectivity index (χ4v) is 3.05. The van der Waals surface area contributed by atoms with Crippen molar-refractivity contribution in [2.45, 2.75) is 20.3 Å². The zero-order chi connectivity index (χ0) is 19.4.